The molecule has 4 nitrogen and oxygen atoms in total. The summed E-state index contributed by atoms with van der Waals surface area (Å²) in [6.45, 7) is 0. The summed E-state index contributed by atoms with van der Waals surface area (Å²) in [5.74, 6) is 0.956. The minimum Gasteiger partial charge on any atom is -0.497 e. The van der Waals surface area contributed by atoms with Crippen LogP contribution in [0.5, 0.6) is 5.75 Å². The Balaban J connectivity index is 2.01. The number of methoxy groups -OCH3 is 1. The lowest BCUT2D eigenvalue weighted by Crippen LogP contribution is -2.35. The van der Waals surface area contributed by atoms with Gasteiger partial charge in [0.2, 0.25) is 5.91 Å². The van der Waals surface area contributed by atoms with Crippen LogP contribution in [0.15, 0.2) is 24.3 Å². The molecule has 1 amide bonds. The van der Waals surface area contributed by atoms with Crippen molar-refractivity contribution in [2.24, 2.45) is 5.92 Å². The summed E-state index contributed by atoms with van der Waals surface area (Å²) in [5.41, 5.74) is 0.872. The van der Waals surface area contributed by atoms with Crippen molar-refractivity contribution in [2.45, 2.75) is 31.8 Å². The topological polar surface area (TPSA) is 49.8 Å². The molecule has 0 atom stereocenters. The monoisotopic (exact) mass is 263 g/mol. The van der Waals surface area contributed by atoms with E-state index in [-0.39, 0.29) is 17.9 Å². The van der Waals surface area contributed by atoms with Gasteiger partial charge in [-0.15, -0.1) is 0 Å². The van der Waals surface area contributed by atoms with Gasteiger partial charge in [0.15, 0.2) is 0 Å². The number of hydrogen-bond acceptors (Lipinski definition) is 3. The largest absolute Gasteiger partial charge is 0.497 e. The Morgan fingerprint density at radius 1 is 1.21 bits per heavy atom. The predicted molar refractivity (Wildman–Crippen MR) is 74.4 cm³/mol. The Hall–Kier alpha value is -1.55. The van der Waals surface area contributed by atoms with E-state index in [0.717, 1.165) is 37.1 Å². The standard InChI is InChI=1S/C15H21NO3/c1-16(12-5-9-14(19-2)10-6-12)15(18)11-3-7-13(17)8-4-11/h5-6,9-11,13,17H,3-4,7-8H2,1-2H3. The average Bonchev–Trinajstić information content (AvgIpc) is 2.46. The van der Waals surface area contributed by atoms with Gasteiger partial charge in [0.05, 0.1) is 13.2 Å². The van der Waals surface area contributed by atoms with Crippen LogP contribution in [-0.4, -0.2) is 31.3 Å². The minimum atomic E-state index is -0.227. The highest BCUT2D eigenvalue weighted by atomic mass is 16.5. The van der Waals surface area contributed by atoms with Gasteiger partial charge in [-0.1, -0.05) is 0 Å². The third kappa shape index (κ3) is 3.26. The fourth-order valence-corrected chi connectivity index (χ4v) is 2.53. The third-order valence-electron chi connectivity index (χ3n) is 3.84. The lowest BCUT2D eigenvalue weighted by Gasteiger charge is -2.28. The molecule has 2 rings (SSSR count). The first-order valence-corrected chi connectivity index (χ1v) is 6.71. The lowest BCUT2D eigenvalue weighted by atomic mass is 9.86. The summed E-state index contributed by atoms with van der Waals surface area (Å²) >= 11 is 0. The second kappa shape index (κ2) is 6.06. The van der Waals surface area contributed by atoms with Gasteiger partial charge in [-0.2, -0.15) is 0 Å². The van der Waals surface area contributed by atoms with Crippen LogP contribution in [0.4, 0.5) is 5.69 Å². The zero-order valence-electron chi connectivity index (χ0n) is 11.5. The highest BCUT2D eigenvalue weighted by molar-refractivity contribution is 5.94. The van der Waals surface area contributed by atoms with Crippen LogP contribution in [-0.2, 0) is 4.79 Å². The summed E-state index contributed by atoms with van der Waals surface area (Å²) in [4.78, 5) is 14.1. The van der Waals surface area contributed by atoms with Crippen LogP contribution in [0, 0.1) is 5.92 Å². The maximum Gasteiger partial charge on any atom is 0.229 e. The number of aliphatic hydroxyl groups excluding tert-OH is 1. The van der Waals surface area contributed by atoms with Crippen LogP contribution in [0.25, 0.3) is 0 Å². The van der Waals surface area contributed by atoms with Gasteiger partial charge in [-0.25, -0.2) is 0 Å². The van der Waals surface area contributed by atoms with Gasteiger partial charge in [0, 0.05) is 18.7 Å². The molecule has 0 saturated heterocycles. The van der Waals surface area contributed by atoms with Crippen molar-refractivity contribution in [1.29, 1.82) is 0 Å². The summed E-state index contributed by atoms with van der Waals surface area (Å²) in [5, 5.41) is 9.48. The van der Waals surface area contributed by atoms with Gasteiger partial charge in [0.1, 0.15) is 5.75 Å². The van der Waals surface area contributed by atoms with Crippen molar-refractivity contribution < 1.29 is 14.6 Å². The first-order valence-electron chi connectivity index (χ1n) is 6.71. The summed E-state index contributed by atoms with van der Waals surface area (Å²) in [6.07, 6.45) is 2.79. The Labute approximate surface area is 114 Å². The molecular formula is C15H21NO3. The predicted octanol–water partition coefficient (Wildman–Crippen LogP) is 2.21. The Kier molecular flexibility index (Phi) is 4.43. The number of anilines is 1. The van der Waals surface area contributed by atoms with Gasteiger partial charge in [0.25, 0.3) is 0 Å². The molecular weight excluding hydrogens is 242 g/mol. The molecule has 1 saturated carbocycles. The van der Waals surface area contributed by atoms with E-state index in [9.17, 15) is 9.90 Å². The number of ether oxygens (including phenoxy) is 1. The maximum atomic E-state index is 12.4. The summed E-state index contributed by atoms with van der Waals surface area (Å²) < 4.78 is 5.11. The number of rotatable bonds is 3. The van der Waals surface area contributed by atoms with E-state index in [0.29, 0.717) is 0 Å². The Morgan fingerprint density at radius 2 is 1.79 bits per heavy atom. The zero-order valence-corrected chi connectivity index (χ0v) is 11.5. The number of hydrogen-bond donors (Lipinski definition) is 1. The number of carbonyl (C=O) groups excluding carboxylic acids is 1. The van der Waals surface area contributed by atoms with Gasteiger partial charge < -0.3 is 14.7 Å². The van der Waals surface area contributed by atoms with Crippen molar-refractivity contribution in [2.75, 3.05) is 19.1 Å². The van der Waals surface area contributed by atoms with E-state index < -0.39 is 0 Å². The van der Waals surface area contributed by atoms with Gasteiger partial charge in [-0.05, 0) is 49.9 Å². The molecule has 1 fully saturated rings. The zero-order chi connectivity index (χ0) is 13.8. The van der Waals surface area contributed by atoms with Crippen molar-refractivity contribution in [3.05, 3.63) is 24.3 Å². The summed E-state index contributed by atoms with van der Waals surface area (Å²) in [7, 11) is 3.42. The highest BCUT2D eigenvalue weighted by Crippen LogP contribution is 2.27. The molecule has 1 N–H and O–H groups in total. The molecule has 0 heterocycles. The van der Waals surface area contributed by atoms with E-state index in [1.165, 1.54) is 0 Å². The number of benzene rings is 1. The van der Waals surface area contributed by atoms with Crippen molar-refractivity contribution in [1.82, 2.24) is 0 Å². The molecule has 4 heteroatoms. The Bertz CT molecular complexity index is 422. The fraction of sp³-hybridized carbons (Fsp3) is 0.533. The fourth-order valence-electron chi connectivity index (χ4n) is 2.53. The number of amides is 1. The molecule has 0 radical (unpaired) electrons. The van der Waals surface area contributed by atoms with Crippen LogP contribution >= 0.6 is 0 Å². The molecule has 0 aliphatic heterocycles. The van der Waals surface area contributed by atoms with E-state index in [1.54, 1.807) is 19.1 Å². The third-order valence-corrected chi connectivity index (χ3v) is 3.84. The summed E-state index contributed by atoms with van der Waals surface area (Å²) in [6, 6.07) is 7.47. The second-order valence-corrected chi connectivity index (χ2v) is 5.10. The molecule has 19 heavy (non-hydrogen) atoms. The molecule has 1 aliphatic carbocycles. The second-order valence-electron chi connectivity index (χ2n) is 5.10. The van der Waals surface area contributed by atoms with Gasteiger partial charge in [-0.3, -0.25) is 4.79 Å². The van der Waals surface area contributed by atoms with Crippen molar-refractivity contribution in [3.8, 4) is 5.75 Å². The molecule has 104 valence electrons. The molecule has 0 bridgehead atoms. The lowest BCUT2D eigenvalue weighted by molar-refractivity contribution is -0.123. The molecule has 1 aromatic carbocycles. The van der Waals surface area contributed by atoms with Crippen molar-refractivity contribution in [3.63, 3.8) is 0 Å². The number of nitrogens with zero attached hydrogens (tertiary/aromatic N) is 1. The number of aliphatic hydroxyl groups is 1. The molecule has 0 aromatic heterocycles. The maximum absolute atomic E-state index is 12.4. The smallest absolute Gasteiger partial charge is 0.229 e. The first-order chi connectivity index (χ1) is 9.11. The Morgan fingerprint density at radius 3 is 2.32 bits per heavy atom. The van der Waals surface area contributed by atoms with Crippen LogP contribution in [0.2, 0.25) is 0 Å². The van der Waals surface area contributed by atoms with Crippen LogP contribution in [0.3, 0.4) is 0 Å². The van der Waals surface area contributed by atoms with E-state index in [4.69, 9.17) is 4.74 Å². The number of carbonyl (C=O) groups is 1. The average molecular weight is 263 g/mol. The molecule has 1 aromatic rings. The van der Waals surface area contributed by atoms with Gasteiger partial charge >= 0.3 is 0 Å². The van der Waals surface area contributed by atoms with Crippen molar-refractivity contribution >= 4 is 11.6 Å². The highest BCUT2D eigenvalue weighted by Gasteiger charge is 2.27. The molecule has 1 aliphatic rings. The van der Waals surface area contributed by atoms with Crippen LogP contribution < -0.4 is 9.64 Å². The minimum absolute atomic E-state index is 0.0375. The first kappa shape index (κ1) is 13.9. The van der Waals surface area contributed by atoms with Crippen LogP contribution in [0.1, 0.15) is 25.7 Å². The quantitative estimate of drug-likeness (QED) is 0.909. The normalized spacial score (nSPS) is 22.9. The van der Waals surface area contributed by atoms with E-state index in [2.05, 4.69) is 0 Å². The SMILES string of the molecule is COc1ccc(N(C)C(=O)C2CCC(O)CC2)cc1. The molecule has 0 unspecified atom stereocenters. The molecule has 0 spiro atoms. The van der Waals surface area contributed by atoms with E-state index >= 15 is 0 Å². The van der Waals surface area contributed by atoms with E-state index in [1.807, 2.05) is 24.3 Å².